The monoisotopic (exact) mass is 959 g/mol. The molecule has 4 saturated carbocycles. The summed E-state index contributed by atoms with van der Waals surface area (Å²) in [6, 6.07) is 0. The Morgan fingerprint density at radius 1 is 0.642 bits per heavy atom. The van der Waals surface area contributed by atoms with Gasteiger partial charge in [-0.15, -0.1) is 0 Å². The highest BCUT2D eigenvalue weighted by atomic mass is 16.7. The molecule has 19 heteroatoms. The van der Waals surface area contributed by atoms with Crippen LogP contribution >= 0.6 is 0 Å². The number of hydrogen-bond donors (Lipinski definition) is 12. The van der Waals surface area contributed by atoms with Gasteiger partial charge in [0.05, 0.1) is 37.9 Å². The number of aliphatic hydroxyl groups is 12. The number of ether oxygens (including phenoxy) is 6. The lowest BCUT2D eigenvalue weighted by molar-refractivity contribution is -0.347. The van der Waals surface area contributed by atoms with Crippen molar-refractivity contribution in [3.8, 4) is 0 Å². The molecule has 7 fully saturated rings. The molecule has 0 radical (unpaired) electrons. The van der Waals surface area contributed by atoms with E-state index in [2.05, 4.69) is 40.7 Å². The third-order valence-electron chi connectivity index (χ3n) is 19.8. The molecule has 0 aromatic rings. The van der Waals surface area contributed by atoms with Gasteiger partial charge < -0.3 is 89.7 Å². The van der Waals surface area contributed by atoms with E-state index in [4.69, 9.17) is 28.4 Å². The van der Waals surface area contributed by atoms with Gasteiger partial charge in [0.15, 0.2) is 12.6 Å². The second-order valence-corrected chi connectivity index (χ2v) is 22.8. The summed E-state index contributed by atoms with van der Waals surface area (Å²) in [6.07, 6.45) is -15.5. The summed E-state index contributed by atoms with van der Waals surface area (Å²) in [6.45, 7) is 11.4. The van der Waals surface area contributed by atoms with Crippen molar-refractivity contribution in [2.75, 3.05) is 26.4 Å². The number of carbonyl (C=O) groups is 1. The van der Waals surface area contributed by atoms with Crippen LogP contribution in [0.2, 0.25) is 0 Å². The first-order valence-corrected chi connectivity index (χ1v) is 24.6. The van der Waals surface area contributed by atoms with E-state index in [0.717, 1.165) is 25.7 Å². The number of carbonyl (C=O) groups excluding carboxylic acids is 1. The predicted molar refractivity (Wildman–Crippen MR) is 232 cm³/mol. The van der Waals surface area contributed by atoms with Crippen molar-refractivity contribution in [1.29, 1.82) is 0 Å². The Morgan fingerprint density at radius 3 is 1.82 bits per heavy atom. The average Bonchev–Trinajstić information content (AvgIpc) is 3.30. The van der Waals surface area contributed by atoms with Gasteiger partial charge in [0.2, 0.25) is 6.29 Å². The summed E-state index contributed by atoms with van der Waals surface area (Å²) in [5.74, 6) is -0.152. The zero-order valence-corrected chi connectivity index (χ0v) is 39.6. The van der Waals surface area contributed by atoms with Gasteiger partial charge in [-0.2, -0.15) is 0 Å². The number of fused-ring (bicyclic) bond motifs is 7. The van der Waals surface area contributed by atoms with Gasteiger partial charge in [0.25, 0.3) is 0 Å². The van der Waals surface area contributed by atoms with E-state index in [1.54, 1.807) is 0 Å². The summed E-state index contributed by atoms with van der Waals surface area (Å²) >= 11 is 0. The lowest BCUT2D eigenvalue weighted by Gasteiger charge is -2.71. The highest BCUT2D eigenvalue weighted by Crippen LogP contribution is 2.76. The van der Waals surface area contributed by atoms with Gasteiger partial charge >= 0.3 is 5.97 Å². The van der Waals surface area contributed by atoms with Crippen LogP contribution in [0, 0.1) is 56.7 Å². The molecule has 5 aliphatic carbocycles. The minimum atomic E-state index is -1.73. The quantitative estimate of drug-likeness (QED) is 0.0708. The smallest absolute Gasteiger partial charge is 0.315 e. The minimum Gasteiger partial charge on any atom is -0.432 e. The third kappa shape index (κ3) is 8.01. The molecule has 8 rings (SSSR count). The molecule has 384 valence electrons. The minimum absolute atomic E-state index is 0.0493. The molecule has 12 N–H and O–H groups in total. The fourth-order valence-electron chi connectivity index (χ4n) is 15.2. The Morgan fingerprint density at radius 2 is 1.21 bits per heavy atom. The van der Waals surface area contributed by atoms with Crippen LogP contribution < -0.4 is 0 Å². The van der Waals surface area contributed by atoms with Crippen LogP contribution in [0.4, 0.5) is 0 Å². The molecule has 3 heterocycles. The van der Waals surface area contributed by atoms with E-state index in [9.17, 15) is 66.1 Å². The average molecular weight is 959 g/mol. The van der Waals surface area contributed by atoms with Crippen molar-refractivity contribution in [1.82, 2.24) is 0 Å². The van der Waals surface area contributed by atoms with E-state index in [-0.39, 0.29) is 46.5 Å². The van der Waals surface area contributed by atoms with Crippen LogP contribution in [0.5, 0.6) is 0 Å². The van der Waals surface area contributed by atoms with Gasteiger partial charge in [0, 0.05) is 5.41 Å². The molecular weight excluding hydrogens is 881 g/mol. The number of rotatable bonds is 10. The van der Waals surface area contributed by atoms with Crippen LogP contribution in [0.25, 0.3) is 0 Å². The van der Waals surface area contributed by atoms with Crippen molar-refractivity contribution >= 4 is 5.97 Å². The van der Waals surface area contributed by atoms with Crippen molar-refractivity contribution in [3.63, 3.8) is 0 Å². The molecule has 0 bridgehead atoms. The molecule has 3 aliphatic heterocycles. The van der Waals surface area contributed by atoms with Crippen molar-refractivity contribution in [2.24, 2.45) is 56.7 Å². The van der Waals surface area contributed by atoms with Gasteiger partial charge in [-0.3, -0.25) is 4.79 Å². The van der Waals surface area contributed by atoms with Gasteiger partial charge in [-0.25, -0.2) is 0 Å². The van der Waals surface area contributed by atoms with Crippen LogP contribution in [0.1, 0.15) is 99.3 Å². The van der Waals surface area contributed by atoms with E-state index in [1.165, 1.54) is 5.57 Å². The van der Waals surface area contributed by atoms with Crippen molar-refractivity contribution < 1.29 is 94.5 Å². The fraction of sp³-hybridized carbons (Fsp3) is 0.938. The lowest BCUT2D eigenvalue weighted by atomic mass is 9.33. The normalized spacial score (nSPS) is 55.6. The molecule has 8 aliphatic rings. The Labute approximate surface area is 392 Å². The highest BCUT2D eigenvalue weighted by Gasteiger charge is 2.71. The fourth-order valence-corrected chi connectivity index (χ4v) is 15.2. The first-order valence-electron chi connectivity index (χ1n) is 24.6. The Balaban J connectivity index is 1.01. The summed E-state index contributed by atoms with van der Waals surface area (Å²) in [5.41, 5.74) is -1.35. The first kappa shape index (κ1) is 51.9. The van der Waals surface area contributed by atoms with Crippen molar-refractivity contribution in [3.05, 3.63) is 11.6 Å². The van der Waals surface area contributed by atoms with Gasteiger partial charge in [-0.05, 0) is 104 Å². The molecule has 0 spiro atoms. The van der Waals surface area contributed by atoms with Crippen LogP contribution in [-0.2, 0) is 33.2 Å². The molecule has 19 nitrogen and oxygen atoms in total. The van der Waals surface area contributed by atoms with E-state index < -0.39 is 135 Å². The molecular formula is C48H78O19. The largest absolute Gasteiger partial charge is 0.432 e. The molecule has 0 amide bonds. The van der Waals surface area contributed by atoms with E-state index >= 15 is 0 Å². The van der Waals surface area contributed by atoms with Gasteiger partial charge in [-0.1, -0.05) is 53.2 Å². The molecule has 0 unspecified atom stereocenters. The molecule has 0 aromatic carbocycles. The van der Waals surface area contributed by atoms with E-state index in [0.29, 0.717) is 38.0 Å². The third-order valence-corrected chi connectivity index (χ3v) is 19.8. The summed E-state index contributed by atoms with van der Waals surface area (Å²) in [7, 11) is 0. The standard InChI is InChI=1S/C48H78O19/c1-21-9-14-48(43(61)67-42-39(60)35(56)32(53)25(18-50)64-42)16-15-46(5)23(30(48)22(21)2)7-8-28-44(3)12-11-29(45(4,20-51)27(44)10-13-47(28,46)6)66-41-38(59)36(57)33(54)26(65-41)19-62-40-37(58)34(55)31(52)24(17-49)63-40/h7,21-22,24-42,49-60H,8-20H2,1-6H3/t21-,22+,24-,25-,26-,27-,28-,29+,30-,31-,32-,33-,34+,35+,36+,37-,38-,39-,40-,41+,42+,44+,45+,46-,47-,48+/m1/s1. The Hall–Kier alpha value is -1.47. The highest BCUT2D eigenvalue weighted by molar-refractivity contribution is 5.79. The van der Waals surface area contributed by atoms with Crippen LogP contribution in [0.15, 0.2) is 11.6 Å². The lowest BCUT2D eigenvalue weighted by Crippen LogP contribution is -2.67. The summed E-state index contributed by atoms with van der Waals surface area (Å²) in [4.78, 5) is 14.7. The number of hydrogen-bond acceptors (Lipinski definition) is 19. The Bertz CT molecular complexity index is 1800. The van der Waals surface area contributed by atoms with Crippen molar-refractivity contribution in [2.45, 2.75) is 198 Å². The maximum atomic E-state index is 14.7. The van der Waals surface area contributed by atoms with Crippen LogP contribution in [0.3, 0.4) is 0 Å². The number of esters is 1. The second kappa shape index (κ2) is 18.9. The number of aliphatic hydroxyl groups excluding tert-OH is 12. The zero-order valence-electron chi connectivity index (χ0n) is 39.6. The molecule has 67 heavy (non-hydrogen) atoms. The topological polar surface area (TPSA) is 315 Å². The maximum absolute atomic E-state index is 14.7. The molecule has 0 aromatic heterocycles. The zero-order chi connectivity index (χ0) is 48.9. The number of allylic oxidation sites excluding steroid dienone is 2. The van der Waals surface area contributed by atoms with E-state index in [1.807, 2.05) is 6.92 Å². The van der Waals surface area contributed by atoms with Crippen LogP contribution in [-0.4, -0.2) is 192 Å². The first-order chi connectivity index (χ1) is 31.5. The maximum Gasteiger partial charge on any atom is 0.315 e. The predicted octanol–water partition coefficient (Wildman–Crippen LogP) is -1.03. The SMILES string of the molecule is C[C@H]1[C@H](C)CC[C@]2(C(=O)O[C@@H]3O[C@H](CO)[C@@H](O)[C@H](O)[C@H]3O)CC[C@]3(C)C(=CC[C@@H]4[C@@]5(C)CC[C@H](O[C@@H]6O[C@H](CO[C@@H]7O[C@H](CO)[C@@H](O)[C@H](O)[C@H]7O)[C@@H](O)[C@H](O)[C@H]6O)[C@@](C)(CO)[C@@H]5CC[C@]43C)[C@@H]12. The molecule has 3 saturated heterocycles. The summed E-state index contributed by atoms with van der Waals surface area (Å²) < 4.78 is 35.4. The summed E-state index contributed by atoms with van der Waals surface area (Å²) in [5, 5.41) is 127. The Kier molecular flexibility index (Phi) is 14.6. The van der Waals surface area contributed by atoms with Gasteiger partial charge in [0.1, 0.15) is 73.2 Å². The second-order valence-electron chi connectivity index (χ2n) is 22.8. The molecule has 26 atom stereocenters.